The topological polar surface area (TPSA) is 76.7 Å². The van der Waals surface area contributed by atoms with Gasteiger partial charge >= 0.3 is 6.29 Å². The van der Waals surface area contributed by atoms with Crippen LogP contribution in [0.5, 0.6) is 11.5 Å². The van der Waals surface area contributed by atoms with E-state index in [9.17, 15) is 18.4 Å². The van der Waals surface area contributed by atoms with Gasteiger partial charge in [-0.25, -0.2) is 0 Å². The summed E-state index contributed by atoms with van der Waals surface area (Å²) in [6.45, 7) is 0. The lowest BCUT2D eigenvalue weighted by molar-refractivity contribution is -0.286. The molecular weight excluding hydrogens is 390 g/mol. The van der Waals surface area contributed by atoms with Crippen molar-refractivity contribution in [3.8, 4) is 11.5 Å². The van der Waals surface area contributed by atoms with E-state index >= 15 is 0 Å². The highest BCUT2D eigenvalue weighted by molar-refractivity contribution is 7.12. The molecule has 0 spiro atoms. The Morgan fingerprint density at radius 3 is 2.39 bits per heavy atom. The quantitative estimate of drug-likeness (QED) is 0.670. The van der Waals surface area contributed by atoms with Crippen molar-refractivity contribution >= 4 is 34.5 Å². The summed E-state index contributed by atoms with van der Waals surface area (Å²) in [6.07, 6.45) is -3.72. The first kappa shape index (κ1) is 17.9. The Morgan fingerprint density at radius 1 is 0.857 bits per heavy atom. The standard InChI is InChI=1S/C19H12F2N2O4S/c20-19(21)26-14-7-6-13(10-15(14)27-19)22-17(24)11-3-1-4-12(9-11)23-18(25)16-5-2-8-28-16/h1-10H,(H,22,24)(H,23,25). The SMILES string of the molecule is O=C(Nc1ccc2c(c1)OC(F)(F)O2)c1cccc(NC(=O)c2cccs2)c1. The van der Waals surface area contributed by atoms with Gasteiger partial charge in [0.25, 0.3) is 11.8 Å². The van der Waals surface area contributed by atoms with Gasteiger partial charge in [0.05, 0.1) is 4.88 Å². The van der Waals surface area contributed by atoms with E-state index in [4.69, 9.17) is 0 Å². The van der Waals surface area contributed by atoms with Gasteiger partial charge in [0, 0.05) is 23.0 Å². The van der Waals surface area contributed by atoms with Crippen molar-refractivity contribution in [3.05, 3.63) is 70.4 Å². The monoisotopic (exact) mass is 402 g/mol. The van der Waals surface area contributed by atoms with Gasteiger partial charge in [-0.1, -0.05) is 12.1 Å². The molecule has 2 heterocycles. The first-order valence-electron chi connectivity index (χ1n) is 8.06. The van der Waals surface area contributed by atoms with Gasteiger partial charge in [-0.15, -0.1) is 20.1 Å². The number of hydrogen-bond acceptors (Lipinski definition) is 5. The number of carbonyl (C=O) groups excluding carboxylic acids is 2. The summed E-state index contributed by atoms with van der Waals surface area (Å²) >= 11 is 1.31. The third-order valence-electron chi connectivity index (χ3n) is 3.79. The summed E-state index contributed by atoms with van der Waals surface area (Å²) in [5.74, 6) is -1.02. The van der Waals surface area contributed by atoms with Crippen molar-refractivity contribution < 1.29 is 27.8 Å². The fourth-order valence-electron chi connectivity index (χ4n) is 2.57. The second kappa shape index (κ2) is 6.93. The number of rotatable bonds is 4. The van der Waals surface area contributed by atoms with E-state index in [-0.39, 0.29) is 28.7 Å². The average molecular weight is 402 g/mol. The Hall–Kier alpha value is -3.46. The number of carbonyl (C=O) groups is 2. The van der Waals surface area contributed by atoms with Crippen LogP contribution in [0.2, 0.25) is 0 Å². The zero-order valence-electron chi connectivity index (χ0n) is 14.1. The molecule has 0 radical (unpaired) electrons. The maximum absolute atomic E-state index is 13.1. The minimum absolute atomic E-state index is 0.110. The molecule has 2 N–H and O–H groups in total. The van der Waals surface area contributed by atoms with Gasteiger partial charge in [-0.3, -0.25) is 9.59 Å². The highest BCUT2D eigenvalue weighted by Gasteiger charge is 2.43. The lowest BCUT2D eigenvalue weighted by Gasteiger charge is -2.08. The van der Waals surface area contributed by atoms with Crippen LogP contribution < -0.4 is 20.1 Å². The van der Waals surface area contributed by atoms with Gasteiger partial charge in [0.1, 0.15) is 0 Å². The molecule has 4 rings (SSSR count). The molecule has 1 aromatic heterocycles. The average Bonchev–Trinajstić information content (AvgIpc) is 3.28. The predicted molar refractivity (Wildman–Crippen MR) is 99.3 cm³/mol. The molecule has 6 nitrogen and oxygen atoms in total. The molecule has 0 unspecified atom stereocenters. The lowest BCUT2D eigenvalue weighted by atomic mass is 10.1. The molecule has 1 aliphatic heterocycles. The molecule has 28 heavy (non-hydrogen) atoms. The molecule has 142 valence electrons. The van der Waals surface area contributed by atoms with Crippen LogP contribution in [0.15, 0.2) is 60.0 Å². The number of thiophene rings is 1. The number of hydrogen-bond donors (Lipinski definition) is 2. The second-order valence-corrected chi connectivity index (χ2v) is 6.74. The number of anilines is 2. The molecule has 0 fully saturated rings. The normalized spacial score (nSPS) is 13.8. The summed E-state index contributed by atoms with van der Waals surface area (Å²) in [6, 6.07) is 13.8. The molecule has 2 amide bonds. The van der Waals surface area contributed by atoms with Crippen molar-refractivity contribution in [3.63, 3.8) is 0 Å². The van der Waals surface area contributed by atoms with Crippen LogP contribution in [0.3, 0.4) is 0 Å². The van der Waals surface area contributed by atoms with E-state index < -0.39 is 12.2 Å². The minimum atomic E-state index is -3.72. The van der Waals surface area contributed by atoms with Gasteiger partial charge in [0.15, 0.2) is 11.5 Å². The largest absolute Gasteiger partial charge is 0.586 e. The summed E-state index contributed by atoms with van der Waals surface area (Å²) in [5, 5.41) is 7.10. The fourth-order valence-corrected chi connectivity index (χ4v) is 3.19. The molecule has 3 aromatic rings. The number of alkyl halides is 2. The minimum Gasteiger partial charge on any atom is -0.395 e. The maximum Gasteiger partial charge on any atom is 0.586 e. The van der Waals surface area contributed by atoms with E-state index in [0.717, 1.165) is 0 Å². The molecule has 0 saturated heterocycles. The zero-order chi connectivity index (χ0) is 19.7. The zero-order valence-corrected chi connectivity index (χ0v) is 14.9. The Balaban J connectivity index is 1.46. The summed E-state index contributed by atoms with van der Waals surface area (Å²) in [4.78, 5) is 25.1. The highest BCUT2D eigenvalue weighted by Crippen LogP contribution is 2.42. The van der Waals surface area contributed by atoms with Crippen molar-refractivity contribution in [2.75, 3.05) is 10.6 Å². The maximum atomic E-state index is 13.1. The van der Waals surface area contributed by atoms with Crippen LogP contribution in [0, 0.1) is 0 Å². The van der Waals surface area contributed by atoms with Gasteiger partial charge < -0.3 is 20.1 Å². The Bertz CT molecular complexity index is 1050. The van der Waals surface area contributed by atoms with Crippen LogP contribution in [0.1, 0.15) is 20.0 Å². The molecule has 0 atom stereocenters. The number of fused-ring (bicyclic) bond motifs is 1. The van der Waals surface area contributed by atoms with Gasteiger partial charge in [-0.2, -0.15) is 0 Å². The second-order valence-electron chi connectivity index (χ2n) is 5.80. The van der Waals surface area contributed by atoms with E-state index in [1.54, 1.807) is 35.7 Å². The van der Waals surface area contributed by atoms with Crippen molar-refractivity contribution in [1.82, 2.24) is 0 Å². The number of ether oxygens (including phenoxy) is 2. The molecule has 1 aliphatic rings. The molecule has 0 bridgehead atoms. The Kier molecular flexibility index (Phi) is 4.44. The molecule has 0 aliphatic carbocycles. The first-order chi connectivity index (χ1) is 13.4. The van der Waals surface area contributed by atoms with Crippen LogP contribution >= 0.6 is 11.3 Å². The Morgan fingerprint density at radius 2 is 1.61 bits per heavy atom. The molecular formula is C19H12F2N2O4S. The van der Waals surface area contributed by atoms with Gasteiger partial charge in [-0.05, 0) is 41.8 Å². The lowest BCUT2D eigenvalue weighted by Crippen LogP contribution is -2.25. The van der Waals surface area contributed by atoms with Crippen molar-refractivity contribution in [2.24, 2.45) is 0 Å². The molecule has 0 saturated carbocycles. The number of amides is 2. The predicted octanol–water partition coefficient (Wildman–Crippen LogP) is 4.57. The smallest absolute Gasteiger partial charge is 0.395 e. The number of benzene rings is 2. The first-order valence-corrected chi connectivity index (χ1v) is 8.94. The third-order valence-corrected chi connectivity index (χ3v) is 4.66. The van der Waals surface area contributed by atoms with Crippen molar-refractivity contribution in [2.45, 2.75) is 6.29 Å². The third kappa shape index (κ3) is 3.79. The van der Waals surface area contributed by atoms with E-state index in [2.05, 4.69) is 20.1 Å². The van der Waals surface area contributed by atoms with E-state index in [1.807, 2.05) is 0 Å². The number of nitrogens with one attached hydrogen (secondary N) is 2. The molecule has 2 aromatic carbocycles. The Labute approximate surface area is 161 Å². The van der Waals surface area contributed by atoms with Crippen LogP contribution in [0.4, 0.5) is 20.2 Å². The van der Waals surface area contributed by atoms with Gasteiger partial charge in [0.2, 0.25) is 0 Å². The highest BCUT2D eigenvalue weighted by atomic mass is 32.1. The summed E-state index contributed by atoms with van der Waals surface area (Å²) in [5.41, 5.74) is 1.00. The summed E-state index contributed by atoms with van der Waals surface area (Å²) in [7, 11) is 0. The number of halogens is 2. The summed E-state index contributed by atoms with van der Waals surface area (Å²) < 4.78 is 34.8. The van der Waals surface area contributed by atoms with E-state index in [0.29, 0.717) is 10.6 Å². The molecule has 9 heteroatoms. The fraction of sp³-hybridized carbons (Fsp3) is 0.0526. The van der Waals surface area contributed by atoms with E-state index in [1.165, 1.54) is 35.6 Å². The van der Waals surface area contributed by atoms with Crippen molar-refractivity contribution in [1.29, 1.82) is 0 Å². The van der Waals surface area contributed by atoms with Crippen LogP contribution in [-0.2, 0) is 0 Å². The van der Waals surface area contributed by atoms with Crippen LogP contribution in [0.25, 0.3) is 0 Å². The van der Waals surface area contributed by atoms with Crippen LogP contribution in [-0.4, -0.2) is 18.1 Å².